The van der Waals surface area contributed by atoms with Gasteiger partial charge in [-0.3, -0.25) is 14.4 Å². The zero-order valence-corrected chi connectivity index (χ0v) is 50.1. The highest BCUT2D eigenvalue weighted by atomic mass is 16.6. The quantitative estimate of drug-likeness (QED) is 0.0261. The molecule has 0 aliphatic heterocycles. The predicted octanol–water partition coefficient (Wildman–Crippen LogP) is 21.7. The van der Waals surface area contributed by atoms with Gasteiger partial charge in [0.25, 0.3) is 0 Å². The van der Waals surface area contributed by atoms with Crippen molar-refractivity contribution in [3.8, 4) is 0 Å². The largest absolute Gasteiger partial charge is 0.462 e. The first-order valence-electron chi connectivity index (χ1n) is 31.5. The van der Waals surface area contributed by atoms with Gasteiger partial charge in [0, 0.05) is 19.3 Å². The van der Waals surface area contributed by atoms with Gasteiger partial charge < -0.3 is 14.2 Å². The Balaban J connectivity index is 4.54. The Kier molecular flexibility index (Phi) is 60.4. The standard InChI is InChI=1S/C72H114O6/c1-4-7-10-13-16-19-22-25-28-31-33-35-36-38-39-41-44-47-50-53-56-59-62-65-71(74)77-68-69(67-76-70(73)64-61-58-55-52-49-46-43-30-27-24-21-18-15-12-9-6-3)78-72(75)66-63-60-57-54-51-48-45-42-40-37-34-32-29-26-23-20-17-14-11-8-5-2/h7-8,10-11,16-17,19-21,24-26,28-30,33-35,37-39,43-44,47,53,56,69H,4-6,9,12-15,18,22-23,27,31-32,36,40-42,45-46,48-52,54-55,57-68H2,1-3H3/b10-7-,11-8-,19-16-,20-17-,24-21-,28-25-,29-26-,35-33-,37-34-,39-38-,43-30-,47-44-,56-53-. The first kappa shape index (κ1) is 73.0. The lowest BCUT2D eigenvalue weighted by Crippen LogP contribution is -2.30. The van der Waals surface area contributed by atoms with Gasteiger partial charge >= 0.3 is 17.9 Å². The Bertz CT molecular complexity index is 1760. The van der Waals surface area contributed by atoms with Crippen LogP contribution in [0.25, 0.3) is 0 Å². The number of carbonyl (C=O) groups excluding carboxylic acids is 3. The van der Waals surface area contributed by atoms with Crippen molar-refractivity contribution < 1.29 is 28.6 Å². The second kappa shape index (κ2) is 64.6. The fourth-order valence-corrected chi connectivity index (χ4v) is 8.10. The molecule has 0 saturated carbocycles. The fraction of sp³-hybridized carbons (Fsp3) is 0.597. The van der Waals surface area contributed by atoms with Crippen LogP contribution in [0.15, 0.2) is 158 Å². The third-order valence-electron chi connectivity index (χ3n) is 12.7. The molecular weight excluding hydrogens is 961 g/mol. The van der Waals surface area contributed by atoms with Crippen molar-refractivity contribution in [2.24, 2.45) is 0 Å². The molecule has 438 valence electrons. The third kappa shape index (κ3) is 61.9. The highest BCUT2D eigenvalue weighted by Gasteiger charge is 2.19. The van der Waals surface area contributed by atoms with Crippen LogP contribution in [0, 0.1) is 0 Å². The maximum atomic E-state index is 12.9. The van der Waals surface area contributed by atoms with E-state index in [2.05, 4.69) is 179 Å². The van der Waals surface area contributed by atoms with E-state index in [4.69, 9.17) is 14.2 Å². The predicted molar refractivity (Wildman–Crippen MR) is 338 cm³/mol. The van der Waals surface area contributed by atoms with Crippen molar-refractivity contribution in [3.63, 3.8) is 0 Å². The number of ether oxygens (including phenoxy) is 3. The normalized spacial score (nSPS) is 13.2. The van der Waals surface area contributed by atoms with E-state index in [1.54, 1.807) is 0 Å². The van der Waals surface area contributed by atoms with Crippen LogP contribution in [-0.4, -0.2) is 37.2 Å². The molecule has 0 amide bonds. The summed E-state index contributed by atoms with van der Waals surface area (Å²) in [4.78, 5) is 38.3. The second-order valence-corrected chi connectivity index (χ2v) is 20.2. The van der Waals surface area contributed by atoms with E-state index in [0.717, 1.165) is 148 Å². The molecule has 0 fully saturated rings. The Morgan fingerprint density at radius 3 is 0.833 bits per heavy atom. The molecule has 6 nitrogen and oxygen atoms in total. The molecule has 0 aromatic heterocycles. The van der Waals surface area contributed by atoms with Crippen LogP contribution < -0.4 is 0 Å². The molecule has 0 radical (unpaired) electrons. The van der Waals surface area contributed by atoms with Gasteiger partial charge in [0.05, 0.1) is 0 Å². The molecule has 78 heavy (non-hydrogen) atoms. The van der Waals surface area contributed by atoms with Crippen LogP contribution in [0.4, 0.5) is 0 Å². The minimum Gasteiger partial charge on any atom is -0.462 e. The second-order valence-electron chi connectivity index (χ2n) is 20.2. The van der Waals surface area contributed by atoms with Crippen molar-refractivity contribution in [1.82, 2.24) is 0 Å². The Morgan fingerprint density at radius 1 is 0.269 bits per heavy atom. The number of unbranched alkanes of at least 4 members (excludes halogenated alkanes) is 18. The van der Waals surface area contributed by atoms with Crippen molar-refractivity contribution in [3.05, 3.63) is 158 Å². The molecule has 6 heteroatoms. The average Bonchev–Trinajstić information content (AvgIpc) is 3.44. The minimum absolute atomic E-state index is 0.113. The van der Waals surface area contributed by atoms with E-state index in [-0.39, 0.29) is 37.5 Å². The topological polar surface area (TPSA) is 78.9 Å². The number of carbonyl (C=O) groups is 3. The van der Waals surface area contributed by atoms with E-state index in [0.29, 0.717) is 19.3 Å². The monoisotopic (exact) mass is 1070 g/mol. The molecule has 0 aliphatic carbocycles. The Hall–Kier alpha value is -4.97. The van der Waals surface area contributed by atoms with Crippen molar-refractivity contribution in [2.45, 2.75) is 264 Å². The van der Waals surface area contributed by atoms with E-state index >= 15 is 0 Å². The molecule has 1 unspecified atom stereocenters. The molecule has 0 aliphatic rings. The Labute approximate surface area is 480 Å². The van der Waals surface area contributed by atoms with Gasteiger partial charge in [-0.1, -0.05) is 256 Å². The summed E-state index contributed by atoms with van der Waals surface area (Å²) in [6.07, 6.45) is 93.8. The van der Waals surface area contributed by atoms with E-state index in [1.165, 1.54) is 64.2 Å². The summed E-state index contributed by atoms with van der Waals surface area (Å²) in [5.74, 6) is -0.999. The van der Waals surface area contributed by atoms with Gasteiger partial charge in [-0.05, 0) is 141 Å². The van der Waals surface area contributed by atoms with Gasteiger partial charge in [-0.15, -0.1) is 0 Å². The molecule has 0 spiro atoms. The van der Waals surface area contributed by atoms with Gasteiger partial charge in [0.1, 0.15) is 13.2 Å². The number of hydrogen-bond acceptors (Lipinski definition) is 6. The summed E-state index contributed by atoms with van der Waals surface area (Å²) in [5, 5.41) is 0. The summed E-state index contributed by atoms with van der Waals surface area (Å²) in [5.41, 5.74) is 0. The summed E-state index contributed by atoms with van der Waals surface area (Å²) in [6, 6.07) is 0. The molecule has 0 aromatic carbocycles. The van der Waals surface area contributed by atoms with E-state index in [1.807, 2.05) is 0 Å². The van der Waals surface area contributed by atoms with E-state index < -0.39 is 6.10 Å². The zero-order valence-electron chi connectivity index (χ0n) is 50.1. The number of esters is 3. The first-order chi connectivity index (χ1) is 38.5. The maximum absolute atomic E-state index is 12.9. The van der Waals surface area contributed by atoms with Crippen LogP contribution in [0.5, 0.6) is 0 Å². The zero-order chi connectivity index (χ0) is 56.4. The number of allylic oxidation sites excluding steroid dienone is 26. The highest BCUT2D eigenvalue weighted by Crippen LogP contribution is 2.14. The van der Waals surface area contributed by atoms with E-state index in [9.17, 15) is 14.4 Å². The van der Waals surface area contributed by atoms with Crippen molar-refractivity contribution in [2.75, 3.05) is 13.2 Å². The number of hydrogen-bond donors (Lipinski definition) is 0. The smallest absolute Gasteiger partial charge is 0.306 e. The summed E-state index contributed by atoms with van der Waals surface area (Å²) in [6.45, 7) is 6.33. The number of rotatable bonds is 55. The van der Waals surface area contributed by atoms with Crippen molar-refractivity contribution in [1.29, 1.82) is 0 Å². The first-order valence-corrected chi connectivity index (χ1v) is 31.5. The summed E-state index contributed by atoms with van der Waals surface area (Å²) in [7, 11) is 0. The van der Waals surface area contributed by atoms with Gasteiger partial charge in [-0.2, -0.15) is 0 Å². The lowest BCUT2D eigenvalue weighted by molar-refractivity contribution is -0.167. The minimum atomic E-state index is -0.822. The van der Waals surface area contributed by atoms with Crippen LogP contribution in [0.1, 0.15) is 258 Å². The molecular formula is C72H114O6. The summed E-state index contributed by atoms with van der Waals surface area (Å²) < 4.78 is 16.9. The lowest BCUT2D eigenvalue weighted by atomic mass is 10.1. The molecule has 0 heterocycles. The maximum Gasteiger partial charge on any atom is 0.306 e. The van der Waals surface area contributed by atoms with Crippen LogP contribution in [0.2, 0.25) is 0 Å². The van der Waals surface area contributed by atoms with Gasteiger partial charge in [0.15, 0.2) is 6.10 Å². The lowest BCUT2D eigenvalue weighted by Gasteiger charge is -2.18. The van der Waals surface area contributed by atoms with Crippen molar-refractivity contribution >= 4 is 17.9 Å². The molecule has 0 saturated heterocycles. The highest BCUT2D eigenvalue weighted by molar-refractivity contribution is 5.71. The third-order valence-corrected chi connectivity index (χ3v) is 12.7. The fourth-order valence-electron chi connectivity index (χ4n) is 8.10. The molecule has 0 bridgehead atoms. The summed E-state index contributed by atoms with van der Waals surface area (Å²) >= 11 is 0. The SMILES string of the molecule is CC/C=C\C/C=C\C/C=C\C/C=C\C/C=C\C/C=C\C/C=C\CCCC(=O)OCC(COC(=O)CCCCCCC/C=C\C/C=C\CCCCCC)OC(=O)CCCCCCCCCC/C=C\C/C=C\C/C=C\C/C=C\CC. The molecule has 0 aromatic rings. The van der Waals surface area contributed by atoms with Crippen LogP contribution >= 0.6 is 0 Å². The van der Waals surface area contributed by atoms with Crippen LogP contribution in [-0.2, 0) is 28.6 Å². The molecule has 1 atom stereocenters. The molecule has 0 rings (SSSR count). The molecule has 0 N–H and O–H groups in total. The Morgan fingerprint density at radius 2 is 0.513 bits per heavy atom. The van der Waals surface area contributed by atoms with Gasteiger partial charge in [0.2, 0.25) is 0 Å². The average molecular weight is 1080 g/mol. The van der Waals surface area contributed by atoms with Crippen LogP contribution in [0.3, 0.4) is 0 Å². The van der Waals surface area contributed by atoms with Gasteiger partial charge in [-0.25, -0.2) is 0 Å².